The maximum atomic E-state index is 6.27. The van der Waals surface area contributed by atoms with E-state index in [0.29, 0.717) is 16.4 Å². The molecule has 3 aromatic rings. The van der Waals surface area contributed by atoms with Gasteiger partial charge in [-0.15, -0.1) is 0 Å². The standard InChI is InChI=1S/C16H14ClN5O/c1-2-11-14(17)10-8-20-16(22-15(10)21-11)23-9-3-4-12-13(7-9)19-6-5-18-12/h3-4,6-8,18H,2,5H2,1H3,(H,20,21,22). The van der Waals surface area contributed by atoms with Crippen molar-refractivity contribution in [2.75, 3.05) is 11.9 Å². The molecule has 4 rings (SSSR count). The fourth-order valence-corrected chi connectivity index (χ4v) is 2.83. The van der Waals surface area contributed by atoms with Crippen molar-refractivity contribution in [2.45, 2.75) is 13.3 Å². The number of rotatable bonds is 3. The zero-order chi connectivity index (χ0) is 15.8. The Labute approximate surface area is 137 Å². The number of ether oxygens (including phenoxy) is 1. The summed E-state index contributed by atoms with van der Waals surface area (Å²) in [5.41, 5.74) is 3.45. The van der Waals surface area contributed by atoms with E-state index in [-0.39, 0.29) is 6.01 Å². The predicted octanol–water partition coefficient (Wildman–Crippen LogP) is 4.09. The van der Waals surface area contributed by atoms with Crippen LogP contribution in [0, 0.1) is 0 Å². The van der Waals surface area contributed by atoms with Crippen LogP contribution in [0.15, 0.2) is 29.4 Å². The summed E-state index contributed by atoms with van der Waals surface area (Å²) in [6, 6.07) is 5.91. The van der Waals surface area contributed by atoms with Crippen molar-refractivity contribution in [1.29, 1.82) is 0 Å². The molecule has 7 heteroatoms. The number of halogens is 1. The molecule has 0 radical (unpaired) electrons. The van der Waals surface area contributed by atoms with E-state index in [1.54, 1.807) is 6.20 Å². The predicted molar refractivity (Wildman–Crippen MR) is 91.4 cm³/mol. The van der Waals surface area contributed by atoms with Crippen LogP contribution >= 0.6 is 11.6 Å². The topological polar surface area (TPSA) is 75.2 Å². The average molecular weight is 328 g/mol. The molecule has 3 heterocycles. The zero-order valence-electron chi connectivity index (χ0n) is 12.4. The van der Waals surface area contributed by atoms with Gasteiger partial charge in [0.05, 0.1) is 28.3 Å². The van der Waals surface area contributed by atoms with Crippen molar-refractivity contribution >= 4 is 40.2 Å². The normalized spacial score (nSPS) is 13.0. The van der Waals surface area contributed by atoms with Gasteiger partial charge in [0.15, 0.2) is 0 Å². The molecular formula is C16H14ClN5O. The van der Waals surface area contributed by atoms with Gasteiger partial charge < -0.3 is 15.0 Å². The van der Waals surface area contributed by atoms with Crippen LogP contribution in [0.4, 0.5) is 11.4 Å². The summed E-state index contributed by atoms with van der Waals surface area (Å²) in [5, 5.41) is 4.71. The van der Waals surface area contributed by atoms with Crippen LogP contribution in [0.3, 0.4) is 0 Å². The molecule has 6 nitrogen and oxygen atoms in total. The second kappa shape index (κ2) is 5.55. The highest BCUT2D eigenvalue weighted by Crippen LogP contribution is 2.33. The van der Waals surface area contributed by atoms with E-state index in [2.05, 4.69) is 25.3 Å². The van der Waals surface area contributed by atoms with Gasteiger partial charge in [0.25, 0.3) is 0 Å². The van der Waals surface area contributed by atoms with E-state index < -0.39 is 0 Å². The van der Waals surface area contributed by atoms with Crippen molar-refractivity contribution in [3.63, 3.8) is 0 Å². The number of aliphatic imine (C=N–C) groups is 1. The SMILES string of the molecule is CCc1[nH]c2nc(Oc3ccc4c(c3)N=CCN4)ncc2c1Cl. The Hall–Kier alpha value is -2.60. The Morgan fingerprint density at radius 2 is 2.26 bits per heavy atom. The molecule has 0 bridgehead atoms. The van der Waals surface area contributed by atoms with Crippen LogP contribution < -0.4 is 10.1 Å². The van der Waals surface area contributed by atoms with Gasteiger partial charge in [0.2, 0.25) is 0 Å². The first-order valence-electron chi connectivity index (χ1n) is 7.36. The molecule has 116 valence electrons. The number of aromatic nitrogens is 3. The number of fused-ring (bicyclic) bond motifs is 2. The van der Waals surface area contributed by atoms with Crippen molar-refractivity contribution in [3.8, 4) is 11.8 Å². The van der Waals surface area contributed by atoms with Crippen LogP contribution in [0.25, 0.3) is 11.0 Å². The molecule has 2 aromatic heterocycles. The lowest BCUT2D eigenvalue weighted by molar-refractivity contribution is 0.444. The first kappa shape index (κ1) is 14.0. The average Bonchev–Trinajstić information content (AvgIpc) is 2.90. The lowest BCUT2D eigenvalue weighted by Gasteiger charge is -2.13. The van der Waals surface area contributed by atoms with Crippen molar-refractivity contribution in [2.24, 2.45) is 4.99 Å². The molecule has 0 unspecified atom stereocenters. The molecule has 0 amide bonds. The Bertz CT molecular complexity index is 918. The third kappa shape index (κ3) is 2.51. The molecule has 23 heavy (non-hydrogen) atoms. The summed E-state index contributed by atoms with van der Waals surface area (Å²) in [6.07, 6.45) is 4.30. The van der Waals surface area contributed by atoms with Gasteiger partial charge >= 0.3 is 6.01 Å². The zero-order valence-corrected chi connectivity index (χ0v) is 13.2. The minimum atomic E-state index is 0.269. The lowest BCUT2D eigenvalue weighted by atomic mass is 10.2. The number of anilines is 1. The van der Waals surface area contributed by atoms with E-state index >= 15 is 0 Å². The van der Waals surface area contributed by atoms with E-state index in [9.17, 15) is 0 Å². The fraction of sp³-hybridized carbons (Fsp3) is 0.188. The highest BCUT2D eigenvalue weighted by atomic mass is 35.5. The van der Waals surface area contributed by atoms with Gasteiger partial charge in [0, 0.05) is 24.2 Å². The first-order valence-corrected chi connectivity index (χ1v) is 7.74. The quantitative estimate of drug-likeness (QED) is 0.759. The minimum Gasteiger partial charge on any atom is -0.424 e. The maximum absolute atomic E-state index is 6.27. The summed E-state index contributed by atoms with van der Waals surface area (Å²) < 4.78 is 5.75. The number of aromatic amines is 1. The number of nitrogens with zero attached hydrogens (tertiary/aromatic N) is 3. The summed E-state index contributed by atoms with van der Waals surface area (Å²) in [6.45, 7) is 2.77. The second-order valence-corrected chi connectivity index (χ2v) is 5.54. The Kier molecular flexibility index (Phi) is 3.38. The molecule has 1 aromatic carbocycles. The van der Waals surface area contributed by atoms with Gasteiger partial charge in [-0.3, -0.25) is 4.99 Å². The van der Waals surface area contributed by atoms with Crippen LogP contribution in [-0.2, 0) is 6.42 Å². The molecular weight excluding hydrogens is 314 g/mol. The highest BCUT2D eigenvalue weighted by molar-refractivity contribution is 6.36. The van der Waals surface area contributed by atoms with Crippen LogP contribution in [-0.4, -0.2) is 27.7 Å². The van der Waals surface area contributed by atoms with Crippen molar-refractivity contribution in [1.82, 2.24) is 15.0 Å². The van der Waals surface area contributed by atoms with Crippen molar-refractivity contribution < 1.29 is 4.74 Å². The second-order valence-electron chi connectivity index (χ2n) is 5.16. The lowest BCUT2D eigenvalue weighted by Crippen LogP contribution is -2.06. The maximum Gasteiger partial charge on any atom is 0.323 e. The van der Waals surface area contributed by atoms with Crippen LogP contribution in [0.5, 0.6) is 11.8 Å². The van der Waals surface area contributed by atoms with E-state index in [4.69, 9.17) is 16.3 Å². The Morgan fingerprint density at radius 3 is 3.13 bits per heavy atom. The molecule has 0 spiro atoms. The molecule has 0 aliphatic carbocycles. The third-order valence-electron chi connectivity index (χ3n) is 3.68. The third-order valence-corrected chi connectivity index (χ3v) is 4.12. The highest BCUT2D eigenvalue weighted by Gasteiger charge is 2.12. The Morgan fingerprint density at radius 1 is 1.35 bits per heavy atom. The fourth-order valence-electron chi connectivity index (χ4n) is 2.51. The van der Waals surface area contributed by atoms with E-state index in [1.165, 1.54) is 0 Å². The molecule has 0 fully saturated rings. The summed E-state index contributed by atoms with van der Waals surface area (Å²) in [4.78, 5) is 16.1. The van der Waals surface area contributed by atoms with E-state index in [1.807, 2.05) is 31.3 Å². The summed E-state index contributed by atoms with van der Waals surface area (Å²) in [5.74, 6) is 0.636. The smallest absolute Gasteiger partial charge is 0.323 e. The van der Waals surface area contributed by atoms with Gasteiger partial charge in [-0.05, 0) is 18.6 Å². The van der Waals surface area contributed by atoms with Gasteiger partial charge in [-0.25, -0.2) is 4.98 Å². The monoisotopic (exact) mass is 327 g/mol. The molecule has 1 aliphatic rings. The molecule has 0 saturated carbocycles. The number of H-pyrrole nitrogens is 1. The largest absolute Gasteiger partial charge is 0.424 e. The first-order chi connectivity index (χ1) is 11.2. The van der Waals surface area contributed by atoms with Crippen molar-refractivity contribution in [3.05, 3.63) is 35.1 Å². The van der Waals surface area contributed by atoms with Gasteiger partial charge in [-0.2, -0.15) is 4.98 Å². The number of aryl methyl sites for hydroxylation is 1. The number of hydrogen-bond acceptors (Lipinski definition) is 5. The summed E-state index contributed by atoms with van der Waals surface area (Å²) in [7, 11) is 0. The van der Waals surface area contributed by atoms with E-state index in [0.717, 1.165) is 35.4 Å². The summed E-state index contributed by atoms with van der Waals surface area (Å²) >= 11 is 6.27. The molecule has 0 saturated heterocycles. The van der Waals surface area contributed by atoms with Crippen LogP contribution in [0.1, 0.15) is 12.6 Å². The molecule has 2 N–H and O–H groups in total. The Balaban J connectivity index is 1.66. The van der Waals surface area contributed by atoms with Crippen LogP contribution in [0.2, 0.25) is 5.02 Å². The number of hydrogen-bond donors (Lipinski definition) is 2. The molecule has 1 aliphatic heterocycles. The number of benzene rings is 1. The minimum absolute atomic E-state index is 0.269. The van der Waals surface area contributed by atoms with Gasteiger partial charge in [0.1, 0.15) is 11.4 Å². The number of nitrogens with one attached hydrogen (secondary N) is 2. The molecule has 0 atom stereocenters. The van der Waals surface area contributed by atoms with Gasteiger partial charge in [-0.1, -0.05) is 18.5 Å².